The number of carbonyl (C=O) groups excluding carboxylic acids is 1. The topological polar surface area (TPSA) is 83.5 Å². The van der Waals surface area contributed by atoms with Crippen LogP contribution < -0.4 is 9.47 Å². The molecule has 1 aliphatic carbocycles. The maximum Gasteiger partial charge on any atom is 0.170 e. The van der Waals surface area contributed by atoms with Gasteiger partial charge >= 0.3 is 0 Å². The summed E-state index contributed by atoms with van der Waals surface area (Å²) in [5.74, 6) is 1.54. The monoisotopic (exact) mass is 417 g/mol. The molecular weight excluding hydrogens is 394 g/mol. The lowest BCUT2D eigenvalue weighted by Crippen LogP contribution is -2.07. The molecule has 3 aromatic heterocycles. The lowest BCUT2D eigenvalue weighted by Gasteiger charge is -2.14. The number of rotatable bonds is 7. The van der Waals surface area contributed by atoms with Gasteiger partial charge in [-0.05, 0) is 37.0 Å². The summed E-state index contributed by atoms with van der Waals surface area (Å²) in [4.78, 5) is 17.4. The zero-order valence-corrected chi connectivity index (χ0v) is 17.7. The second-order valence-corrected chi connectivity index (χ2v) is 7.89. The van der Waals surface area contributed by atoms with E-state index in [0.717, 1.165) is 35.2 Å². The molecular formula is C23H23N5O3. The highest BCUT2D eigenvalue weighted by Crippen LogP contribution is 2.39. The van der Waals surface area contributed by atoms with Crippen molar-refractivity contribution in [1.29, 1.82) is 0 Å². The van der Waals surface area contributed by atoms with Crippen LogP contribution in [-0.2, 0) is 7.05 Å². The highest BCUT2D eigenvalue weighted by atomic mass is 16.5. The van der Waals surface area contributed by atoms with E-state index in [1.54, 1.807) is 42.0 Å². The highest BCUT2D eigenvalue weighted by Gasteiger charge is 2.29. The molecule has 0 unspecified atom stereocenters. The molecule has 158 valence electrons. The molecule has 1 fully saturated rings. The number of methoxy groups -OCH3 is 2. The smallest absolute Gasteiger partial charge is 0.170 e. The van der Waals surface area contributed by atoms with Gasteiger partial charge in [0.05, 0.1) is 38.5 Å². The Balaban J connectivity index is 1.56. The van der Waals surface area contributed by atoms with Crippen LogP contribution in [0.25, 0.3) is 28.0 Å². The summed E-state index contributed by atoms with van der Waals surface area (Å²) < 4.78 is 14.7. The largest absolute Gasteiger partial charge is 0.496 e. The number of nitrogens with zero attached hydrogens (tertiary/aromatic N) is 5. The van der Waals surface area contributed by atoms with Gasteiger partial charge in [-0.1, -0.05) is 0 Å². The summed E-state index contributed by atoms with van der Waals surface area (Å²) in [7, 11) is 5.02. The lowest BCUT2D eigenvalue weighted by molar-refractivity contribution is 0.0970. The summed E-state index contributed by atoms with van der Waals surface area (Å²) in [6, 6.07) is 5.67. The quantitative estimate of drug-likeness (QED) is 0.426. The molecule has 3 heterocycles. The standard InChI is InChI=1S/C23H23N5O3/c1-27-13-17(11-25-27)16-9-22-24-12-18(28(22)26-10-16)15-7-20(30-2)23(21(8-15)31-3)19(29)6-14-4-5-14/h7-14H,4-6H2,1-3H3. The first-order chi connectivity index (χ1) is 15.1. The molecule has 0 N–H and O–H groups in total. The number of ketones is 1. The van der Waals surface area contributed by atoms with Crippen LogP contribution >= 0.6 is 0 Å². The molecule has 0 radical (unpaired) electrons. The van der Waals surface area contributed by atoms with Crippen LogP contribution in [0.15, 0.2) is 43.0 Å². The zero-order chi connectivity index (χ0) is 21.5. The van der Waals surface area contributed by atoms with E-state index in [9.17, 15) is 4.79 Å². The number of benzene rings is 1. The fourth-order valence-corrected chi connectivity index (χ4v) is 3.82. The molecule has 0 aliphatic heterocycles. The minimum Gasteiger partial charge on any atom is -0.496 e. The van der Waals surface area contributed by atoms with Gasteiger partial charge in [-0.15, -0.1) is 0 Å². The van der Waals surface area contributed by atoms with Crippen LogP contribution in [0.3, 0.4) is 0 Å². The highest BCUT2D eigenvalue weighted by molar-refractivity contribution is 6.02. The van der Waals surface area contributed by atoms with E-state index in [-0.39, 0.29) is 5.78 Å². The number of aromatic nitrogens is 5. The summed E-state index contributed by atoms with van der Waals surface area (Å²) in [6.07, 6.45) is 10.0. The number of Topliss-reactive ketones (excluding diaryl/α,β-unsaturated/α-hetero) is 1. The minimum absolute atomic E-state index is 0.0557. The van der Waals surface area contributed by atoms with E-state index in [2.05, 4.69) is 15.2 Å². The van der Waals surface area contributed by atoms with Crippen LogP contribution in [0, 0.1) is 5.92 Å². The summed E-state index contributed by atoms with van der Waals surface area (Å²) >= 11 is 0. The van der Waals surface area contributed by atoms with Gasteiger partial charge in [0.1, 0.15) is 17.1 Å². The maximum absolute atomic E-state index is 12.8. The van der Waals surface area contributed by atoms with Crippen LogP contribution in [0.1, 0.15) is 29.6 Å². The molecule has 0 saturated heterocycles. The molecule has 1 aromatic carbocycles. The van der Waals surface area contributed by atoms with Gasteiger partial charge in [0.15, 0.2) is 11.4 Å². The van der Waals surface area contributed by atoms with Gasteiger partial charge in [0, 0.05) is 36.4 Å². The van der Waals surface area contributed by atoms with Gasteiger partial charge < -0.3 is 9.47 Å². The number of fused-ring (bicyclic) bond motifs is 1. The molecule has 5 rings (SSSR count). The third-order valence-electron chi connectivity index (χ3n) is 5.65. The molecule has 1 saturated carbocycles. The summed E-state index contributed by atoms with van der Waals surface area (Å²) in [6.45, 7) is 0. The molecule has 1 aliphatic rings. The fraction of sp³-hybridized carbons (Fsp3) is 0.304. The Morgan fingerprint density at radius 3 is 2.32 bits per heavy atom. The van der Waals surface area contributed by atoms with E-state index in [0.29, 0.717) is 35.0 Å². The first kappa shape index (κ1) is 19.3. The van der Waals surface area contributed by atoms with Gasteiger partial charge in [0.25, 0.3) is 0 Å². The average molecular weight is 417 g/mol. The summed E-state index contributed by atoms with van der Waals surface area (Å²) in [5, 5.41) is 8.80. The zero-order valence-electron chi connectivity index (χ0n) is 17.7. The predicted octanol–water partition coefficient (Wildman–Crippen LogP) is 3.80. The predicted molar refractivity (Wildman–Crippen MR) is 115 cm³/mol. The van der Waals surface area contributed by atoms with Gasteiger partial charge in [-0.3, -0.25) is 9.48 Å². The van der Waals surface area contributed by atoms with Crippen LogP contribution in [-0.4, -0.2) is 44.4 Å². The molecule has 0 bridgehead atoms. The van der Waals surface area contributed by atoms with Crippen molar-refractivity contribution in [2.45, 2.75) is 19.3 Å². The van der Waals surface area contributed by atoms with Crippen molar-refractivity contribution in [3.8, 4) is 33.9 Å². The normalized spacial score (nSPS) is 13.5. The number of hydrogen-bond acceptors (Lipinski definition) is 6. The second kappa shape index (κ2) is 7.54. The van der Waals surface area contributed by atoms with Crippen LogP contribution in [0.4, 0.5) is 0 Å². The molecule has 4 aromatic rings. The molecule has 31 heavy (non-hydrogen) atoms. The van der Waals surface area contributed by atoms with Crippen LogP contribution in [0.2, 0.25) is 0 Å². The SMILES string of the molecule is COc1cc(-c2cnc3cc(-c4cnn(C)c4)cnn23)cc(OC)c1C(=O)CC1CC1. The third kappa shape index (κ3) is 3.54. The summed E-state index contributed by atoms with van der Waals surface area (Å²) in [5.41, 5.74) is 4.72. The van der Waals surface area contributed by atoms with Crippen molar-refractivity contribution in [3.63, 3.8) is 0 Å². The lowest BCUT2D eigenvalue weighted by atomic mass is 10.00. The van der Waals surface area contributed by atoms with Crippen molar-refractivity contribution in [1.82, 2.24) is 24.4 Å². The van der Waals surface area contributed by atoms with E-state index < -0.39 is 0 Å². The van der Waals surface area contributed by atoms with E-state index in [1.165, 1.54) is 0 Å². The molecule has 0 spiro atoms. The van der Waals surface area contributed by atoms with Crippen molar-refractivity contribution in [2.75, 3.05) is 14.2 Å². The maximum atomic E-state index is 12.8. The number of carbonyl (C=O) groups is 1. The number of aryl methyl sites for hydroxylation is 1. The van der Waals surface area contributed by atoms with E-state index in [4.69, 9.17) is 9.47 Å². The van der Waals surface area contributed by atoms with Crippen molar-refractivity contribution in [3.05, 3.63) is 48.5 Å². The van der Waals surface area contributed by atoms with Gasteiger partial charge in [0.2, 0.25) is 0 Å². The molecule has 0 amide bonds. The number of hydrogen-bond donors (Lipinski definition) is 0. The Morgan fingerprint density at radius 2 is 1.71 bits per heavy atom. The first-order valence-electron chi connectivity index (χ1n) is 10.2. The Hall–Kier alpha value is -3.68. The van der Waals surface area contributed by atoms with Crippen LogP contribution in [0.5, 0.6) is 11.5 Å². The molecule has 8 heteroatoms. The van der Waals surface area contributed by atoms with Gasteiger partial charge in [-0.25, -0.2) is 9.50 Å². The number of ether oxygens (including phenoxy) is 2. The minimum atomic E-state index is 0.0557. The Labute approximate surface area is 179 Å². The Bertz CT molecular complexity index is 1260. The average Bonchev–Trinajstić information content (AvgIpc) is 3.32. The molecule has 8 nitrogen and oxygen atoms in total. The van der Waals surface area contributed by atoms with Gasteiger partial charge in [-0.2, -0.15) is 10.2 Å². The third-order valence-corrected chi connectivity index (χ3v) is 5.65. The van der Waals surface area contributed by atoms with E-state index >= 15 is 0 Å². The molecule has 0 atom stereocenters. The number of imidazole rings is 1. The van der Waals surface area contributed by atoms with E-state index in [1.807, 2.05) is 31.4 Å². The first-order valence-corrected chi connectivity index (χ1v) is 10.2. The van der Waals surface area contributed by atoms with Crippen molar-refractivity contribution in [2.24, 2.45) is 13.0 Å². The Kier molecular flexibility index (Phi) is 4.69. The second-order valence-electron chi connectivity index (χ2n) is 7.89. The van der Waals surface area contributed by atoms with Crippen molar-refractivity contribution < 1.29 is 14.3 Å². The fourth-order valence-electron chi connectivity index (χ4n) is 3.82. The van der Waals surface area contributed by atoms with Crippen molar-refractivity contribution >= 4 is 11.4 Å². The Morgan fingerprint density at radius 1 is 1.00 bits per heavy atom.